The summed E-state index contributed by atoms with van der Waals surface area (Å²) in [7, 11) is 0. The minimum Gasteiger partial charge on any atom is -0.437 e. The van der Waals surface area contributed by atoms with E-state index in [1.165, 1.54) is 0 Å². The van der Waals surface area contributed by atoms with E-state index in [9.17, 15) is 5.21 Å². The van der Waals surface area contributed by atoms with Gasteiger partial charge < -0.3 is 4.74 Å². The molecule has 6 nitrogen and oxygen atoms in total. The maximum absolute atomic E-state index is 9.52. The van der Waals surface area contributed by atoms with Gasteiger partial charge in [0.1, 0.15) is 5.75 Å². The molecule has 0 radical (unpaired) electrons. The highest BCUT2D eigenvalue weighted by Gasteiger charge is 2.14. The van der Waals surface area contributed by atoms with Crippen molar-refractivity contribution in [3.05, 3.63) is 82.2 Å². The molecule has 0 saturated carbocycles. The van der Waals surface area contributed by atoms with E-state index < -0.39 is 0 Å². The van der Waals surface area contributed by atoms with Crippen molar-refractivity contribution in [1.82, 2.24) is 15.4 Å². The van der Waals surface area contributed by atoms with Crippen molar-refractivity contribution in [2.75, 3.05) is 0 Å². The molecule has 0 fully saturated rings. The third-order valence-corrected chi connectivity index (χ3v) is 3.90. The number of nitrogens with zero attached hydrogens (tertiary/aromatic N) is 3. The summed E-state index contributed by atoms with van der Waals surface area (Å²) < 4.78 is 5.78. The van der Waals surface area contributed by atoms with E-state index in [0.29, 0.717) is 21.4 Å². The van der Waals surface area contributed by atoms with Crippen LogP contribution < -0.4 is 10.2 Å². The Morgan fingerprint density at radius 2 is 1.92 bits per heavy atom. The van der Waals surface area contributed by atoms with Crippen LogP contribution in [0.25, 0.3) is 0 Å². The number of hydrogen-bond acceptors (Lipinski definition) is 5. The predicted molar refractivity (Wildman–Crippen MR) is 100 cm³/mol. The summed E-state index contributed by atoms with van der Waals surface area (Å²) in [6.07, 6.45) is 3.24. The first-order chi connectivity index (χ1) is 12.7. The Morgan fingerprint density at radius 3 is 2.69 bits per heavy atom. The number of rotatable bonds is 5. The SMILES string of the molecule is ONC(=NCc1ccccn1)c1cccnc1Oc1cc(Cl)ccc1Cl. The second-order valence-electron chi connectivity index (χ2n) is 5.13. The van der Waals surface area contributed by atoms with Gasteiger partial charge in [0.05, 0.1) is 22.8 Å². The Labute approximate surface area is 160 Å². The first-order valence-electron chi connectivity index (χ1n) is 7.60. The summed E-state index contributed by atoms with van der Waals surface area (Å²) in [4.78, 5) is 12.7. The third kappa shape index (κ3) is 4.49. The van der Waals surface area contributed by atoms with Gasteiger partial charge in [-0.15, -0.1) is 0 Å². The van der Waals surface area contributed by atoms with E-state index in [1.54, 1.807) is 42.7 Å². The number of pyridine rings is 2. The first-order valence-corrected chi connectivity index (χ1v) is 8.35. The molecule has 2 aromatic heterocycles. The smallest absolute Gasteiger partial charge is 0.230 e. The summed E-state index contributed by atoms with van der Waals surface area (Å²) in [5, 5.41) is 10.4. The molecule has 3 aromatic rings. The topological polar surface area (TPSA) is 79.6 Å². The highest BCUT2D eigenvalue weighted by Crippen LogP contribution is 2.32. The molecule has 3 rings (SSSR count). The van der Waals surface area contributed by atoms with Crippen LogP contribution in [0.15, 0.2) is 65.9 Å². The molecular weight excluding hydrogens is 375 g/mol. The summed E-state index contributed by atoms with van der Waals surface area (Å²) in [6.45, 7) is 0.274. The number of amidine groups is 1. The molecule has 132 valence electrons. The fraction of sp³-hybridized carbons (Fsp3) is 0.0556. The quantitative estimate of drug-likeness (QED) is 0.382. The number of hydroxylamine groups is 1. The van der Waals surface area contributed by atoms with Gasteiger partial charge >= 0.3 is 0 Å². The van der Waals surface area contributed by atoms with Crippen LogP contribution >= 0.6 is 23.2 Å². The Balaban J connectivity index is 1.90. The maximum atomic E-state index is 9.52. The largest absolute Gasteiger partial charge is 0.437 e. The maximum Gasteiger partial charge on any atom is 0.230 e. The zero-order chi connectivity index (χ0) is 18.4. The van der Waals surface area contributed by atoms with Gasteiger partial charge in [0.2, 0.25) is 5.88 Å². The van der Waals surface area contributed by atoms with Gasteiger partial charge in [-0.05, 0) is 36.4 Å². The van der Waals surface area contributed by atoms with Gasteiger partial charge in [0.15, 0.2) is 5.84 Å². The van der Waals surface area contributed by atoms with Gasteiger partial charge in [0.25, 0.3) is 0 Å². The first kappa shape index (κ1) is 18.1. The van der Waals surface area contributed by atoms with Gasteiger partial charge in [-0.25, -0.2) is 4.98 Å². The van der Waals surface area contributed by atoms with E-state index in [-0.39, 0.29) is 18.3 Å². The molecule has 26 heavy (non-hydrogen) atoms. The molecule has 2 heterocycles. The zero-order valence-corrected chi connectivity index (χ0v) is 14.9. The van der Waals surface area contributed by atoms with Gasteiger partial charge in [-0.3, -0.25) is 20.7 Å². The van der Waals surface area contributed by atoms with Crippen molar-refractivity contribution in [3.63, 3.8) is 0 Å². The van der Waals surface area contributed by atoms with Crippen molar-refractivity contribution in [3.8, 4) is 11.6 Å². The van der Waals surface area contributed by atoms with Crippen LogP contribution in [0.2, 0.25) is 10.0 Å². The standard InChI is InChI=1S/C18H14Cl2N4O2/c19-12-6-7-15(20)16(10-12)26-18-14(5-3-9-22-18)17(24-25)23-11-13-4-1-2-8-21-13/h1-10,25H,11H2,(H,23,24). The zero-order valence-electron chi connectivity index (χ0n) is 13.4. The van der Waals surface area contributed by atoms with Crippen LogP contribution in [-0.4, -0.2) is 21.0 Å². The summed E-state index contributed by atoms with van der Waals surface area (Å²) >= 11 is 12.1. The summed E-state index contributed by atoms with van der Waals surface area (Å²) in [6, 6.07) is 13.8. The van der Waals surface area contributed by atoms with Gasteiger partial charge in [-0.2, -0.15) is 0 Å². The van der Waals surface area contributed by atoms with Crippen LogP contribution in [0.4, 0.5) is 0 Å². The fourth-order valence-electron chi connectivity index (χ4n) is 2.14. The Morgan fingerprint density at radius 1 is 1.08 bits per heavy atom. The Hall–Kier alpha value is -2.67. The van der Waals surface area contributed by atoms with Crippen LogP contribution in [0.5, 0.6) is 11.6 Å². The van der Waals surface area contributed by atoms with Crippen molar-refractivity contribution < 1.29 is 9.94 Å². The molecule has 0 amide bonds. The normalized spacial score (nSPS) is 11.3. The molecule has 8 heteroatoms. The number of benzene rings is 1. The lowest BCUT2D eigenvalue weighted by Crippen LogP contribution is -2.21. The second-order valence-corrected chi connectivity index (χ2v) is 5.97. The highest BCUT2D eigenvalue weighted by atomic mass is 35.5. The number of aromatic nitrogens is 2. The van der Waals surface area contributed by atoms with E-state index in [0.717, 1.165) is 5.69 Å². The van der Waals surface area contributed by atoms with Crippen LogP contribution in [0.3, 0.4) is 0 Å². The number of halogens is 2. The molecule has 0 aliphatic rings. The number of nitrogens with one attached hydrogen (secondary N) is 1. The molecular formula is C18H14Cl2N4O2. The Kier molecular flexibility index (Phi) is 6.01. The van der Waals surface area contributed by atoms with Crippen molar-refractivity contribution in [2.45, 2.75) is 6.54 Å². The van der Waals surface area contributed by atoms with Gasteiger partial charge in [-0.1, -0.05) is 29.3 Å². The van der Waals surface area contributed by atoms with Crippen molar-refractivity contribution in [1.29, 1.82) is 0 Å². The minimum atomic E-state index is 0.192. The highest BCUT2D eigenvalue weighted by molar-refractivity contribution is 6.34. The molecule has 0 aliphatic carbocycles. The molecule has 0 aliphatic heterocycles. The molecule has 0 atom stereocenters. The lowest BCUT2D eigenvalue weighted by atomic mass is 10.2. The van der Waals surface area contributed by atoms with E-state index in [2.05, 4.69) is 20.4 Å². The van der Waals surface area contributed by atoms with Crippen LogP contribution in [0, 0.1) is 0 Å². The molecule has 0 saturated heterocycles. The molecule has 2 N–H and O–H groups in total. The lowest BCUT2D eigenvalue weighted by Gasteiger charge is -2.12. The van der Waals surface area contributed by atoms with E-state index in [4.69, 9.17) is 27.9 Å². The number of hydrogen-bond donors (Lipinski definition) is 2. The average Bonchev–Trinajstić information content (AvgIpc) is 2.67. The molecule has 0 unspecified atom stereocenters. The molecule has 0 bridgehead atoms. The second kappa shape index (κ2) is 8.62. The van der Waals surface area contributed by atoms with E-state index in [1.807, 2.05) is 18.2 Å². The molecule has 1 aromatic carbocycles. The van der Waals surface area contributed by atoms with Crippen molar-refractivity contribution in [2.24, 2.45) is 4.99 Å². The number of ether oxygens (including phenoxy) is 1. The van der Waals surface area contributed by atoms with Crippen LogP contribution in [0.1, 0.15) is 11.3 Å². The van der Waals surface area contributed by atoms with Crippen LogP contribution in [-0.2, 0) is 6.54 Å². The molecule has 0 spiro atoms. The summed E-state index contributed by atoms with van der Waals surface area (Å²) in [5.41, 5.74) is 3.30. The average molecular weight is 389 g/mol. The summed E-state index contributed by atoms with van der Waals surface area (Å²) in [5.74, 6) is 0.760. The minimum absolute atomic E-state index is 0.192. The van der Waals surface area contributed by atoms with E-state index >= 15 is 0 Å². The third-order valence-electron chi connectivity index (χ3n) is 3.36. The number of aliphatic imine (C=N–C) groups is 1. The predicted octanol–water partition coefficient (Wildman–Crippen LogP) is 4.50. The van der Waals surface area contributed by atoms with Crippen molar-refractivity contribution >= 4 is 29.0 Å². The van der Waals surface area contributed by atoms with Gasteiger partial charge in [0, 0.05) is 23.5 Å². The monoisotopic (exact) mass is 388 g/mol. The Bertz CT molecular complexity index is 920. The fourth-order valence-corrected chi connectivity index (χ4v) is 2.46. The lowest BCUT2D eigenvalue weighted by molar-refractivity contribution is 0.234.